The van der Waals surface area contributed by atoms with Crippen LogP contribution in [0.4, 0.5) is 14.5 Å². The van der Waals surface area contributed by atoms with Gasteiger partial charge >= 0.3 is 0 Å². The lowest BCUT2D eigenvalue weighted by Gasteiger charge is -2.09. The summed E-state index contributed by atoms with van der Waals surface area (Å²) in [5.74, 6) is -3.16. The van der Waals surface area contributed by atoms with Crippen LogP contribution in [0.15, 0.2) is 17.0 Å². The molecule has 0 saturated heterocycles. The summed E-state index contributed by atoms with van der Waals surface area (Å²) in [6.45, 7) is -0.581. The fraction of sp³-hybridized carbons (Fsp3) is 0.364. The van der Waals surface area contributed by atoms with Gasteiger partial charge in [0, 0.05) is 11.7 Å². The number of nitrogens with one attached hydrogen (secondary N) is 2. The average molecular weight is 305 g/mol. The molecule has 1 saturated carbocycles. The van der Waals surface area contributed by atoms with Gasteiger partial charge in [-0.15, -0.1) is 0 Å². The van der Waals surface area contributed by atoms with E-state index >= 15 is 0 Å². The van der Waals surface area contributed by atoms with Crippen molar-refractivity contribution in [1.29, 1.82) is 0 Å². The first kappa shape index (κ1) is 14.7. The second kappa shape index (κ2) is 5.33. The molecule has 1 aromatic rings. The van der Waals surface area contributed by atoms with Crippen molar-refractivity contribution in [3.05, 3.63) is 23.8 Å². The van der Waals surface area contributed by atoms with E-state index in [1.165, 1.54) is 0 Å². The molecule has 1 fully saturated rings. The summed E-state index contributed by atoms with van der Waals surface area (Å²) in [5.41, 5.74) is 4.97. The van der Waals surface area contributed by atoms with Gasteiger partial charge in [-0.2, -0.15) is 0 Å². The molecule has 9 heteroatoms. The number of hydrogen-bond donors (Lipinski definition) is 3. The van der Waals surface area contributed by atoms with E-state index in [1.54, 1.807) is 0 Å². The second-order valence-electron chi connectivity index (χ2n) is 4.48. The maximum atomic E-state index is 13.5. The number of hydrogen-bond acceptors (Lipinski definition) is 4. The number of carbonyl (C=O) groups is 1. The summed E-state index contributed by atoms with van der Waals surface area (Å²) in [4.78, 5) is 10.2. The van der Waals surface area contributed by atoms with Crippen molar-refractivity contribution in [2.75, 3.05) is 12.3 Å². The largest absolute Gasteiger partial charge is 0.399 e. The van der Waals surface area contributed by atoms with E-state index in [1.807, 2.05) is 4.72 Å². The summed E-state index contributed by atoms with van der Waals surface area (Å²) in [7, 11) is -4.47. The van der Waals surface area contributed by atoms with Gasteiger partial charge < -0.3 is 11.1 Å². The Hall–Kier alpha value is -1.74. The summed E-state index contributed by atoms with van der Waals surface area (Å²) in [6.07, 6.45) is 1.69. The molecular weight excluding hydrogens is 292 g/mol. The second-order valence-corrected chi connectivity index (χ2v) is 6.18. The van der Waals surface area contributed by atoms with E-state index in [0.29, 0.717) is 12.1 Å². The molecule has 1 amide bonds. The molecule has 1 aliphatic rings. The lowest BCUT2D eigenvalue weighted by Crippen LogP contribution is -2.38. The van der Waals surface area contributed by atoms with E-state index in [2.05, 4.69) is 5.32 Å². The molecule has 1 aliphatic carbocycles. The minimum Gasteiger partial charge on any atom is -0.399 e. The molecule has 0 unspecified atom stereocenters. The van der Waals surface area contributed by atoms with Crippen molar-refractivity contribution < 1.29 is 22.0 Å². The zero-order chi connectivity index (χ0) is 14.9. The summed E-state index contributed by atoms with van der Waals surface area (Å²) < 4.78 is 52.4. The molecule has 110 valence electrons. The third-order valence-electron chi connectivity index (χ3n) is 2.65. The number of carbonyl (C=O) groups excluding carboxylic acids is 1. The number of sulfonamides is 1. The lowest BCUT2D eigenvalue weighted by molar-refractivity contribution is -0.120. The summed E-state index contributed by atoms with van der Waals surface area (Å²) in [6, 6.07) is 1.46. The molecule has 0 heterocycles. The van der Waals surface area contributed by atoms with Gasteiger partial charge in [0.25, 0.3) is 0 Å². The number of anilines is 1. The lowest BCUT2D eigenvalue weighted by atomic mass is 10.3. The van der Waals surface area contributed by atoms with Gasteiger partial charge in [-0.1, -0.05) is 0 Å². The highest BCUT2D eigenvalue weighted by Crippen LogP contribution is 2.21. The Morgan fingerprint density at radius 3 is 2.35 bits per heavy atom. The van der Waals surface area contributed by atoms with Crippen molar-refractivity contribution >= 4 is 21.6 Å². The molecule has 0 radical (unpaired) electrons. The van der Waals surface area contributed by atoms with Crippen LogP contribution in [-0.2, 0) is 14.8 Å². The van der Waals surface area contributed by atoms with Crippen molar-refractivity contribution in [2.45, 2.75) is 23.8 Å². The van der Waals surface area contributed by atoms with Crippen LogP contribution in [0.3, 0.4) is 0 Å². The van der Waals surface area contributed by atoms with Crippen molar-refractivity contribution in [3.63, 3.8) is 0 Å². The first-order valence-corrected chi connectivity index (χ1v) is 7.31. The number of halogens is 2. The Kier molecular flexibility index (Phi) is 3.91. The number of nitrogen functional groups attached to an aromatic ring is 1. The van der Waals surface area contributed by atoms with E-state index in [-0.39, 0.29) is 11.7 Å². The molecule has 6 nitrogen and oxygen atoms in total. The van der Waals surface area contributed by atoms with E-state index in [9.17, 15) is 22.0 Å². The van der Waals surface area contributed by atoms with Gasteiger partial charge in [0.05, 0.1) is 6.54 Å². The molecule has 4 N–H and O–H groups in total. The average Bonchev–Trinajstić information content (AvgIpc) is 3.08. The monoisotopic (exact) mass is 305 g/mol. The van der Waals surface area contributed by atoms with Gasteiger partial charge in [0.15, 0.2) is 4.90 Å². The zero-order valence-corrected chi connectivity index (χ0v) is 11.1. The van der Waals surface area contributed by atoms with Crippen LogP contribution in [-0.4, -0.2) is 26.9 Å². The van der Waals surface area contributed by atoms with Crippen molar-refractivity contribution in [2.24, 2.45) is 0 Å². The van der Waals surface area contributed by atoms with E-state index < -0.39 is 39.0 Å². The van der Waals surface area contributed by atoms with Crippen LogP contribution in [0, 0.1) is 11.6 Å². The van der Waals surface area contributed by atoms with Crippen LogP contribution in [0.5, 0.6) is 0 Å². The van der Waals surface area contributed by atoms with Crippen molar-refractivity contribution in [1.82, 2.24) is 10.0 Å². The Balaban J connectivity index is 2.11. The Morgan fingerprint density at radius 1 is 1.30 bits per heavy atom. The van der Waals surface area contributed by atoms with Crippen LogP contribution in [0.2, 0.25) is 0 Å². The van der Waals surface area contributed by atoms with Gasteiger partial charge in [-0.05, 0) is 25.0 Å². The van der Waals surface area contributed by atoms with Crippen molar-refractivity contribution in [3.8, 4) is 0 Å². The normalized spacial score (nSPS) is 15.1. The number of benzene rings is 1. The minimum atomic E-state index is -4.47. The maximum Gasteiger partial charge on any atom is 0.246 e. The highest BCUT2D eigenvalue weighted by Gasteiger charge is 2.27. The predicted octanol–water partition coefficient (Wildman–Crippen LogP) is 0.104. The topological polar surface area (TPSA) is 101 Å². The molecule has 0 bridgehead atoms. The Labute approximate surface area is 114 Å². The molecule has 0 atom stereocenters. The maximum absolute atomic E-state index is 13.5. The highest BCUT2D eigenvalue weighted by molar-refractivity contribution is 7.89. The highest BCUT2D eigenvalue weighted by atomic mass is 32.2. The smallest absolute Gasteiger partial charge is 0.246 e. The molecule has 0 aliphatic heterocycles. The van der Waals surface area contributed by atoms with E-state index in [4.69, 9.17) is 5.73 Å². The van der Waals surface area contributed by atoms with Crippen LogP contribution >= 0.6 is 0 Å². The zero-order valence-electron chi connectivity index (χ0n) is 10.3. The first-order valence-electron chi connectivity index (χ1n) is 5.83. The van der Waals surface area contributed by atoms with Crippen LogP contribution < -0.4 is 15.8 Å². The van der Waals surface area contributed by atoms with Gasteiger partial charge in [0.1, 0.15) is 11.6 Å². The number of rotatable bonds is 5. The first-order chi connectivity index (χ1) is 9.29. The molecule has 2 rings (SSSR count). The molecule has 1 aromatic carbocycles. The van der Waals surface area contributed by atoms with Gasteiger partial charge in [-0.25, -0.2) is 21.9 Å². The fourth-order valence-corrected chi connectivity index (χ4v) is 2.67. The minimum absolute atomic E-state index is 0.0667. The Bertz CT molecular complexity index is 621. The van der Waals surface area contributed by atoms with Gasteiger partial charge in [0.2, 0.25) is 15.9 Å². The summed E-state index contributed by atoms with van der Waals surface area (Å²) >= 11 is 0. The van der Waals surface area contributed by atoms with Crippen LogP contribution in [0.25, 0.3) is 0 Å². The molecule has 0 spiro atoms. The quantitative estimate of drug-likeness (QED) is 0.672. The molecule has 0 aromatic heterocycles. The third kappa shape index (κ3) is 3.42. The van der Waals surface area contributed by atoms with Gasteiger partial charge in [-0.3, -0.25) is 4.79 Å². The SMILES string of the molecule is Nc1cc(F)c(S(=O)(=O)NCC(=O)NC2CC2)c(F)c1. The number of nitrogens with two attached hydrogens (primary N) is 1. The predicted molar refractivity (Wildman–Crippen MR) is 67.1 cm³/mol. The Morgan fingerprint density at radius 2 is 1.85 bits per heavy atom. The molecular formula is C11H13F2N3O3S. The van der Waals surface area contributed by atoms with E-state index in [0.717, 1.165) is 12.8 Å². The molecule has 20 heavy (non-hydrogen) atoms. The summed E-state index contributed by atoms with van der Waals surface area (Å²) in [5, 5.41) is 2.54. The number of amides is 1. The fourth-order valence-electron chi connectivity index (χ4n) is 1.58. The van der Waals surface area contributed by atoms with Crippen LogP contribution in [0.1, 0.15) is 12.8 Å². The standard InChI is InChI=1S/C11H13F2N3O3S/c12-8-3-6(14)4-9(13)11(8)20(18,19)15-5-10(17)16-7-1-2-7/h3-4,7,15H,1-2,5,14H2,(H,16,17). The third-order valence-corrected chi connectivity index (χ3v) is 4.11.